The smallest absolute Gasteiger partial charge is 0.108 e. The average molecular weight is 194 g/mol. The van der Waals surface area contributed by atoms with E-state index in [-0.39, 0.29) is 0 Å². The van der Waals surface area contributed by atoms with Gasteiger partial charge in [-0.2, -0.15) is 5.26 Å². The molecule has 3 nitrogen and oxygen atoms in total. The summed E-state index contributed by atoms with van der Waals surface area (Å²) in [5, 5.41) is 22.8. The first kappa shape index (κ1) is 9.95. The fourth-order valence-corrected chi connectivity index (χ4v) is 2.99. The maximum Gasteiger partial charge on any atom is 0.108 e. The summed E-state index contributed by atoms with van der Waals surface area (Å²) in [6, 6.07) is 2.42. The number of rotatable bonds is 1. The Kier molecular flexibility index (Phi) is 2.29. The Labute approximate surface area is 85.1 Å². The van der Waals surface area contributed by atoms with Gasteiger partial charge in [0.1, 0.15) is 5.60 Å². The van der Waals surface area contributed by atoms with Crippen LogP contribution in [0.5, 0.6) is 0 Å². The molecule has 2 fully saturated rings. The zero-order valence-corrected chi connectivity index (χ0v) is 8.71. The lowest BCUT2D eigenvalue weighted by Crippen LogP contribution is -2.70. The zero-order valence-electron chi connectivity index (χ0n) is 8.71. The van der Waals surface area contributed by atoms with Crippen molar-refractivity contribution in [3.8, 4) is 6.07 Å². The molecule has 2 N–H and O–H groups in total. The second kappa shape index (κ2) is 3.22. The monoisotopic (exact) mass is 194 g/mol. The molecule has 1 heterocycles. The molecule has 78 valence electrons. The van der Waals surface area contributed by atoms with Crippen LogP contribution in [-0.4, -0.2) is 23.8 Å². The molecule has 2 unspecified atom stereocenters. The predicted octanol–water partition coefficient (Wildman–Crippen LogP) is 1.04. The van der Waals surface area contributed by atoms with Crippen molar-refractivity contribution in [2.45, 2.75) is 38.2 Å². The molecule has 0 aromatic heterocycles. The van der Waals surface area contributed by atoms with Crippen molar-refractivity contribution in [1.82, 2.24) is 5.32 Å². The molecule has 0 bridgehead atoms. The Balaban J connectivity index is 2.28. The lowest BCUT2D eigenvalue weighted by molar-refractivity contribution is -0.128. The van der Waals surface area contributed by atoms with Crippen LogP contribution in [0.2, 0.25) is 0 Å². The molecule has 14 heavy (non-hydrogen) atoms. The van der Waals surface area contributed by atoms with Gasteiger partial charge >= 0.3 is 0 Å². The summed E-state index contributed by atoms with van der Waals surface area (Å²) in [6.07, 6.45) is 4.23. The van der Waals surface area contributed by atoms with Gasteiger partial charge in [-0.3, -0.25) is 0 Å². The van der Waals surface area contributed by atoms with Crippen molar-refractivity contribution in [2.24, 2.45) is 11.3 Å². The van der Waals surface area contributed by atoms with Crippen LogP contribution in [0.1, 0.15) is 32.6 Å². The van der Waals surface area contributed by atoms with E-state index in [0.717, 1.165) is 19.3 Å². The SMILES string of the molecule is CC1CCCCC1(C#N)C1(O)CNC1. The molecule has 1 aliphatic heterocycles. The summed E-state index contributed by atoms with van der Waals surface area (Å²) >= 11 is 0. The van der Waals surface area contributed by atoms with Crippen molar-refractivity contribution < 1.29 is 5.11 Å². The van der Waals surface area contributed by atoms with E-state index in [2.05, 4.69) is 18.3 Å². The van der Waals surface area contributed by atoms with Gasteiger partial charge in [-0.15, -0.1) is 0 Å². The normalized spacial score (nSPS) is 41.1. The van der Waals surface area contributed by atoms with Gasteiger partial charge in [0.2, 0.25) is 0 Å². The Morgan fingerprint density at radius 2 is 2.14 bits per heavy atom. The number of nitrogens with zero attached hydrogens (tertiary/aromatic N) is 1. The van der Waals surface area contributed by atoms with Gasteiger partial charge in [0.25, 0.3) is 0 Å². The maximum absolute atomic E-state index is 10.4. The third-order valence-electron chi connectivity index (χ3n) is 4.16. The third-order valence-corrected chi connectivity index (χ3v) is 4.16. The highest BCUT2D eigenvalue weighted by Crippen LogP contribution is 2.49. The van der Waals surface area contributed by atoms with Gasteiger partial charge in [-0.25, -0.2) is 0 Å². The van der Waals surface area contributed by atoms with Gasteiger partial charge in [-0.05, 0) is 18.8 Å². The summed E-state index contributed by atoms with van der Waals surface area (Å²) in [7, 11) is 0. The minimum atomic E-state index is -0.762. The standard InChI is InChI=1S/C11H18N2O/c1-9-4-2-3-5-10(9,6-12)11(14)7-13-8-11/h9,13-14H,2-5,7-8H2,1H3. The second-order valence-corrected chi connectivity index (χ2v) is 4.87. The average Bonchev–Trinajstić information content (AvgIpc) is 2.15. The first-order valence-corrected chi connectivity index (χ1v) is 5.49. The molecule has 0 aromatic carbocycles. The molecule has 0 aromatic rings. The number of β-amino-alcohol motifs (C(OH)–C–C–N with tert-alkyl or cyclic N) is 1. The van der Waals surface area contributed by atoms with Gasteiger partial charge in [0, 0.05) is 13.1 Å². The van der Waals surface area contributed by atoms with E-state index >= 15 is 0 Å². The summed E-state index contributed by atoms with van der Waals surface area (Å²) in [5.41, 5.74) is -1.25. The molecule has 2 atom stereocenters. The highest BCUT2D eigenvalue weighted by molar-refractivity contribution is 5.19. The Hall–Kier alpha value is -0.590. The van der Waals surface area contributed by atoms with Crippen LogP contribution < -0.4 is 5.32 Å². The first-order valence-electron chi connectivity index (χ1n) is 5.49. The minimum absolute atomic E-state index is 0.327. The molecule has 1 saturated carbocycles. The molecule has 0 spiro atoms. The van der Waals surface area contributed by atoms with E-state index in [1.807, 2.05) is 0 Å². The molecule has 0 amide bonds. The second-order valence-electron chi connectivity index (χ2n) is 4.87. The van der Waals surface area contributed by atoms with E-state index < -0.39 is 11.0 Å². The summed E-state index contributed by atoms with van der Waals surface area (Å²) in [5.74, 6) is 0.327. The van der Waals surface area contributed by atoms with E-state index in [1.165, 1.54) is 6.42 Å². The summed E-state index contributed by atoms with van der Waals surface area (Å²) in [4.78, 5) is 0. The summed E-state index contributed by atoms with van der Waals surface area (Å²) in [6.45, 7) is 3.29. The molecular weight excluding hydrogens is 176 g/mol. The Morgan fingerprint density at radius 1 is 1.43 bits per heavy atom. The molecule has 3 heteroatoms. The van der Waals surface area contributed by atoms with E-state index in [9.17, 15) is 10.4 Å². The fourth-order valence-electron chi connectivity index (χ4n) is 2.99. The van der Waals surface area contributed by atoms with Crippen molar-refractivity contribution in [2.75, 3.05) is 13.1 Å². The van der Waals surface area contributed by atoms with E-state index in [0.29, 0.717) is 19.0 Å². The lowest BCUT2D eigenvalue weighted by Gasteiger charge is -2.53. The van der Waals surface area contributed by atoms with Gasteiger partial charge < -0.3 is 10.4 Å². The predicted molar refractivity (Wildman–Crippen MR) is 53.5 cm³/mol. The number of aliphatic hydroxyl groups is 1. The maximum atomic E-state index is 10.4. The van der Waals surface area contributed by atoms with Crippen molar-refractivity contribution in [3.05, 3.63) is 0 Å². The van der Waals surface area contributed by atoms with E-state index in [1.54, 1.807) is 0 Å². The first-order chi connectivity index (χ1) is 6.65. The number of hydrogen-bond acceptors (Lipinski definition) is 3. The van der Waals surface area contributed by atoms with Crippen molar-refractivity contribution >= 4 is 0 Å². The quantitative estimate of drug-likeness (QED) is 0.655. The van der Waals surface area contributed by atoms with Crippen LogP contribution in [-0.2, 0) is 0 Å². The Bertz CT molecular complexity index is 267. The summed E-state index contributed by atoms with van der Waals surface area (Å²) < 4.78 is 0. The Morgan fingerprint density at radius 3 is 2.57 bits per heavy atom. The number of nitriles is 1. The van der Waals surface area contributed by atoms with Crippen LogP contribution in [0, 0.1) is 22.7 Å². The fraction of sp³-hybridized carbons (Fsp3) is 0.909. The topological polar surface area (TPSA) is 56.0 Å². The lowest BCUT2D eigenvalue weighted by atomic mass is 9.57. The highest BCUT2D eigenvalue weighted by Gasteiger charge is 2.57. The minimum Gasteiger partial charge on any atom is -0.386 e. The van der Waals surface area contributed by atoms with Crippen molar-refractivity contribution in [3.63, 3.8) is 0 Å². The molecular formula is C11H18N2O. The van der Waals surface area contributed by atoms with Gasteiger partial charge in [-0.1, -0.05) is 19.8 Å². The van der Waals surface area contributed by atoms with Crippen LogP contribution in [0.3, 0.4) is 0 Å². The van der Waals surface area contributed by atoms with Gasteiger partial charge in [0.05, 0.1) is 11.5 Å². The molecule has 0 radical (unpaired) electrons. The highest BCUT2D eigenvalue weighted by atomic mass is 16.3. The third kappa shape index (κ3) is 1.11. The number of hydrogen-bond donors (Lipinski definition) is 2. The molecule has 1 saturated heterocycles. The molecule has 1 aliphatic carbocycles. The molecule has 2 aliphatic rings. The van der Waals surface area contributed by atoms with Gasteiger partial charge in [0.15, 0.2) is 0 Å². The molecule has 2 rings (SSSR count). The van der Waals surface area contributed by atoms with Crippen molar-refractivity contribution in [1.29, 1.82) is 5.26 Å². The van der Waals surface area contributed by atoms with Crippen LogP contribution >= 0.6 is 0 Å². The van der Waals surface area contributed by atoms with Crippen LogP contribution in [0.25, 0.3) is 0 Å². The van der Waals surface area contributed by atoms with Crippen LogP contribution in [0.15, 0.2) is 0 Å². The largest absolute Gasteiger partial charge is 0.386 e. The van der Waals surface area contributed by atoms with Crippen LogP contribution in [0.4, 0.5) is 0 Å². The zero-order chi connectivity index (χ0) is 10.2. The van der Waals surface area contributed by atoms with E-state index in [4.69, 9.17) is 0 Å². The number of nitrogens with one attached hydrogen (secondary N) is 1.